The molecule has 1 aromatic carbocycles. The first-order chi connectivity index (χ1) is 8.53. The summed E-state index contributed by atoms with van der Waals surface area (Å²) in [5.41, 5.74) is 0.813. The molecule has 2 N–H and O–H groups in total. The van der Waals surface area contributed by atoms with Gasteiger partial charge in [0, 0.05) is 13.0 Å². The molecule has 0 atom stereocenters. The number of ether oxygens (including phenoxy) is 1. The summed E-state index contributed by atoms with van der Waals surface area (Å²) in [4.78, 5) is 11.1. The molecule has 0 saturated carbocycles. The average molecular weight is 259 g/mol. The molecule has 1 rings (SSSR count). The molecule has 0 radical (unpaired) electrons. The number of carbonyl (C=O) groups is 1. The maximum Gasteiger partial charge on any atom is 0.407 e. The zero-order valence-corrected chi connectivity index (χ0v) is 9.73. The van der Waals surface area contributed by atoms with Gasteiger partial charge in [0.05, 0.1) is 0 Å². The number of alkyl carbamates (subject to hydrolysis) is 1. The summed E-state index contributed by atoms with van der Waals surface area (Å²) in [6, 6.07) is 9.01. The SMILES string of the molecule is O=C(NCCC(F)(F)CO)OCc1ccccc1. The molecule has 1 aromatic rings. The molecule has 0 unspecified atom stereocenters. The average Bonchev–Trinajstić information content (AvgIpc) is 2.37. The van der Waals surface area contributed by atoms with Crippen molar-refractivity contribution < 1.29 is 23.4 Å². The van der Waals surface area contributed by atoms with Gasteiger partial charge in [-0.05, 0) is 5.56 Å². The monoisotopic (exact) mass is 259 g/mol. The Morgan fingerprint density at radius 2 is 2.00 bits per heavy atom. The van der Waals surface area contributed by atoms with E-state index in [4.69, 9.17) is 9.84 Å². The van der Waals surface area contributed by atoms with Gasteiger partial charge in [0.2, 0.25) is 0 Å². The summed E-state index contributed by atoms with van der Waals surface area (Å²) in [5, 5.41) is 10.5. The molecule has 0 bridgehead atoms. The van der Waals surface area contributed by atoms with Crippen molar-refractivity contribution in [1.82, 2.24) is 5.32 Å². The van der Waals surface area contributed by atoms with E-state index in [1.807, 2.05) is 6.07 Å². The standard InChI is InChI=1S/C12H15F2NO3/c13-12(14,9-16)6-7-15-11(17)18-8-10-4-2-1-3-5-10/h1-5,16H,6-9H2,(H,15,17). The van der Waals surface area contributed by atoms with Crippen LogP contribution in [-0.2, 0) is 11.3 Å². The smallest absolute Gasteiger partial charge is 0.407 e. The molecule has 0 aliphatic rings. The number of aliphatic hydroxyl groups is 1. The first-order valence-electron chi connectivity index (χ1n) is 5.47. The van der Waals surface area contributed by atoms with Crippen LogP contribution in [0.15, 0.2) is 30.3 Å². The topological polar surface area (TPSA) is 58.6 Å². The predicted molar refractivity (Wildman–Crippen MR) is 61.3 cm³/mol. The highest BCUT2D eigenvalue weighted by atomic mass is 19.3. The molecule has 0 spiro atoms. The molecule has 0 fully saturated rings. The Morgan fingerprint density at radius 3 is 2.61 bits per heavy atom. The number of hydrogen-bond acceptors (Lipinski definition) is 3. The van der Waals surface area contributed by atoms with E-state index >= 15 is 0 Å². The lowest BCUT2D eigenvalue weighted by Gasteiger charge is -2.13. The summed E-state index contributed by atoms with van der Waals surface area (Å²) >= 11 is 0. The van der Waals surface area contributed by atoms with Gasteiger partial charge < -0.3 is 15.2 Å². The van der Waals surface area contributed by atoms with Crippen LogP contribution in [0.2, 0.25) is 0 Å². The molecular formula is C12H15F2NO3. The quantitative estimate of drug-likeness (QED) is 0.820. The summed E-state index contributed by atoms with van der Waals surface area (Å²) in [5.74, 6) is -3.17. The van der Waals surface area contributed by atoms with Gasteiger partial charge in [-0.15, -0.1) is 0 Å². The van der Waals surface area contributed by atoms with Crippen LogP contribution < -0.4 is 5.32 Å². The van der Waals surface area contributed by atoms with Crippen LogP contribution in [0, 0.1) is 0 Å². The Morgan fingerprint density at radius 1 is 1.33 bits per heavy atom. The lowest BCUT2D eigenvalue weighted by molar-refractivity contribution is -0.0553. The minimum atomic E-state index is -3.17. The number of rotatable bonds is 6. The fraction of sp³-hybridized carbons (Fsp3) is 0.417. The third-order valence-corrected chi connectivity index (χ3v) is 2.20. The van der Waals surface area contributed by atoms with Crippen molar-refractivity contribution in [2.45, 2.75) is 19.0 Å². The highest BCUT2D eigenvalue weighted by Gasteiger charge is 2.27. The van der Waals surface area contributed by atoms with Gasteiger partial charge in [-0.2, -0.15) is 0 Å². The van der Waals surface area contributed by atoms with Crippen molar-refractivity contribution in [1.29, 1.82) is 0 Å². The Balaban J connectivity index is 2.19. The molecule has 0 heterocycles. The zero-order valence-electron chi connectivity index (χ0n) is 9.73. The first-order valence-corrected chi connectivity index (χ1v) is 5.47. The second-order valence-electron chi connectivity index (χ2n) is 3.75. The Hall–Kier alpha value is -1.69. The maximum absolute atomic E-state index is 12.6. The second-order valence-corrected chi connectivity index (χ2v) is 3.75. The number of benzene rings is 1. The van der Waals surface area contributed by atoms with Gasteiger partial charge >= 0.3 is 6.09 Å². The number of alkyl halides is 2. The Bertz CT molecular complexity index is 371. The minimum Gasteiger partial charge on any atom is -0.445 e. The molecule has 0 aliphatic heterocycles. The van der Waals surface area contributed by atoms with E-state index in [9.17, 15) is 13.6 Å². The molecule has 0 aliphatic carbocycles. The van der Waals surface area contributed by atoms with E-state index in [0.717, 1.165) is 5.56 Å². The molecule has 1 amide bonds. The number of hydrogen-bond donors (Lipinski definition) is 2. The number of nitrogens with one attached hydrogen (secondary N) is 1. The number of amides is 1. The lowest BCUT2D eigenvalue weighted by atomic mass is 10.2. The molecule has 0 aromatic heterocycles. The minimum absolute atomic E-state index is 0.0864. The van der Waals surface area contributed by atoms with Crippen LogP contribution in [0.5, 0.6) is 0 Å². The van der Waals surface area contributed by atoms with E-state index in [0.29, 0.717) is 0 Å². The van der Waals surface area contributed by atoms with Crippen LogP contribution in [0.3, 0.4) is 0 Å². The summed E-state index contributed by atoms with van der Waals surface area (Å²) in [7, 11) is 0. The van der Waals surface area contributed by atoms with E-state index in [1.165, 1.54) is 0 Å². The van der Waals surface area contributed by atoms with E-state index in [1.54, 1.807) is 24.3 Å². The van der Waals surface area contributed by atoms with Crippen LogP contribution in [0.1, 0.15) is 12.0 Å². The lowest BCUT2D eigenvalue weighted by Crippen LogP contribution is -2.31. The van der Waals surface area contributed by atoms with Crippen LogP contribution >= 0.6 is 0 Å². The van der Waals surface area contributed by atoms with E-state index in [-0.39, 0.29) is 13.2 Å². The second kappa shape index (κ2) is 6.90. The number of carbonyl (C=O) groups excluding carboxylic acids is 1. The van der Waals surface area contributed by atoms with Crippen molar-refractivity contribution >= 4 is 6.09 Å². The number of aliphatic hydroxyl groups excluding tert-OH is 1. The molecule has 6 heteroatoms. The zero-order chi connectivity index (χ0) is 13.4. The fourth-order valence-corrected chi connectivity index (χ4v) is 1.20. The van der Waals surface area contributed by atoms with Crippen molar-refractivity contribution in [3.63, 3.8) is 0 Å². The normalized spacial score (nSPS) is 11.1. The van der Waals surface area contributed by atoms with Gasteiger partial charge in [0.1, 0.15) is 13.2 Å². The molecule has 4 nitrogen and oxygen atoms in total. The van der Waals surface area contributed by atoms with Gasteiger partial charge in [0.25, 0.3) is 5.92 Å². The largest absolute Gasteiger partial charge is 0.445 e. The highest BCUT2D eigenvalue weighted by molar-refractivity contribution is 5.67. The van der Waals surface area contributed by atoms with Crippen molar-refractivity contribution in [2.24, 2.45) is 0 Å². The highest BCUT2D eigenvalue weighted by Crippen LogP contribution is 2.15. The molecular weight excluding hydrogens is 244 g/mol. The van der Waals surface area contributed by atoms with Crippen molar-refractivity contribution in [2.75, 3.05) is 13.2 Å². The van der Waals surface area contributed by atoms with E-state index in [2.05, 4.69) is 5.32 Å². The third-order valence-electron chi connectivity index (χ3n) is 2.20. The predicted octanol–water partition coefficient (Wildman–Crippen LogP) is 1.93. The first kappa shape index (κ1) is 14.4. The Labute approximate surface area is 104 Å². The number of halogens is 2. The van der Waals surface area contributed by atoms with Crippen molar-refractivity contribution in [3.8, 4) is 0 Å². The van der Waals surface area contributed by atoms with Crippen LogP contribution in [0.25, 0.3) is 0 Å². The van der Waals surface area contributed by atoms with Gasteiger partial charge in [-0.25, -0.2) is 13.6 Å². The summed E-state index contributed by atoms with van der Waals surface area (Å²) < 4.78 is 30.0. The summed E-state index contributed by atoms with van der Waals surface area (Å²) in [6.07, 6.45) is -1.38. The summed E-state index contributed by atoms with van der Waals surface area (Å²) in [6.45, 7) is -1.39. The van der Waals surface area contributed by atoms with Crippen LogP contribution in [0.4, 0.5) is 13.6 Å². The molecule has 18 heavy (non-hydrogen) atoms. The van der Waals surface area contributed by atoms with Gasteiger partial charge in [-0.1, -0.05) is 30.3 Å². The third kappa shape index (κ3) is 5.58. The fourth-order valence-electron chi connectivity index (χ4n) is 1.20. The van der Waals surface area contributed by atoms with E-state index < -0.39 is 25.0 Å². The van der Waals surface area contributed by atoms with Crippen molar-refractivity contribution in [3.05, 3.63) is 35.9 Å². The van der Waals surface area contributed by atoms with Crippen LogP contribution in [-0.4, -0.2) is 30.3 Å². The molecule has 100 valence electrons. The maximum atomic E-state index is 12.6. The Kier molecular flexibility index (Phi) is 5.51. The van der Waals surface area contributed by atoms with Gasteiger partial charge in [0.15, 0.2) is 0 Å². The van der Waals surface area contributed by atoms with Gasteiger partial charge in [-0.3, -0.25) is 0 Å². The molecule has 0 saturated heterocycles.